The minimum atomic E-state index is 0.0877. The number of hydrogen-bond donors (Lipinski definition) is 0. The monoisotopic (exact) mass is 252 g/mol. The van der Waals surface area contributed by atoms with E-state index >= 15 is 0 Å². The minimum absolute atomic E-state index is 0.0877. The molecule has 0 saturated carbocycles. The summed E-state index contributed by atoms with van der Waals surface area (Å²) in [5, 5.41) is 0. The molecule has 0 aliphatic rings. The van der Waals surface area contributed by atoms with E-state index < -0.39 is 0 Å². The van der Waals surface area contributed by atoms with Crippen LogP contribution in [0.1, 0.15) is 36.2 Å². The first-order valence-electron chi connectivity index (χ1n) is 6.83. The molecule has 0 aliphatic carbocycles. The van der Waals surface area contributed by atoms with Crippen molar-refractivity contribution < 1.29 is 4.79 Å². The van der Waals surface area contributed by atoms with Crippen molar-refractivity contribution in [3.8, 4) is 11.1 Å². The highest BCUT2D eigenvalue weighted by Crippen LogP contribution is 2.24. The van der Waals surface area contributed by atoms with Crippen LogP contribution >= 0.6 is 0 Å². The topological polar surface area (TPSA) is 17.1 Å². The number of benzene rings is 2. The molecule has 0 heterocycles. The van der Waals surface area contributed by atoms with Crippen molar-refractivity contribution in [1.82, 2.24) is 0 Å². The van der Waals surface area contributed by atoms with Crippen molar-refractivity contribution in [3.05, 3.63) is 59.7 Å². The zero-order valence-electron chi connectivity index (χ0n) is 11.8. The largest absolute Gasteiger partial charge is 0.294 e. The van der Waals surface area contributed by atoms with E-state index in [1.165, 1.54) is 0 Å². The van der Waals surface area contributed by atoms with Gasteiger partial charge in [-0.25, -0.2) is 0 Å². The Morgan fingerprint density at radius 3 is 2.37 bits per heavy atom. The summed E-state index contributed by atoms with van der Waals surface area (Å²) in [5.41, 5.74) is 4.18. The molecular formula is C18H20O. The maximum atomic E-state index is 12.4. The second-order valence-electron chi connectivity index (χ2n) is 5.07. The maximum absolute atomic E-state index is 12.4. The van der Waals surface area contributed by atoms with Gasteiger partial charge in [-0.2, -0.15) is 0 Å². The van der Waals surface area contributed by atoms with Crippen LogP contribution in [0.5, 0.6) is 0 Å². The third-order valence-corrected chi connectivity index (χ3v) is 3.67. The molecule has 1 nitrogen and oxygen atoms in total. The van der Waals surface area contributed by atoms with Crippen molar-refractivity contribution in [3.63, 3.8) is 0 Å². The Balaban J connectivity index is 2.43. The molecule has 0 bridgehead atoms. The Labute approximate surface area is 115 Å². The Bertz CT molecular complexity index is 569. The van der Waals surface area contributed by atoms with Gasteiger partial charge in [-0.1, -0.05) is 56.3 Å². The average Bonchev–Trinajstić information content (AvgIpc) is 2.47. The fourth-order valence-corrected chi connectivity index (χ4v) is 2.15. The lowest BCUT2D eigenvalue weighted by Gasteiger charge is -2.12. The highest BCUT2D eigenvalue weighted by Gasteiger charge is 2.16. The van der Waals surface area contributed by atoms with Crippen LogP contribution in [0, 0.1) is 12.8 Å². The van der Waals surface area contributed by atoms with Gasteiger partial charge in [0.15, 0.2) is 5.78 Å². The molecule has 1 heteroatoms. The van der Waals surface area contributed by atoms with E-state index in [4.69, 9.17) is 0 Å². The standard InChI is InChI=1S/C18H20O/c1-4-13(2)18(19)17-12-16(11-10-14(17)3)15-8-6-5-7-9-15/h5-13H,4H2,1-3H3. The quantitative estimate of drug-likeness (QED) is 0.708. The average molecular weight is 252 g/mol. The summed E-state index contributed by atoms with van der Waals surface area (Å²) in [7, 11) is 0. The van der Waals surface area contributed by atoms with Crippen molar-refractivity contribution in [2.24, 2.45) is 5.92 Å². The molecule has 2 aromatic rings. The lowest BCUT2D eigenvalue weighted by molar-refractivity contribution is 0.0926. The summed E-state index contributed by atoms with van der Waals surface area (Å²) in [5.74, 6) is 0.336. The van der Waals surface area contributed by atoms with Crippen LogP contribution < -0.4 is 0 Å². The molecule has 0 N–H and O–H groups in total. The van der Waals surface area contributed by atoms with Crippen LogP contribution in [0.15, 0.2) is 48.5 Å². The predicted octanol–water partition coefficient (Wildman–Crippen LogP) is 4.89. The lowest BCUT2D eigenvalue weighted by atomic mass is 9.91. The number of Topliss-reactive ketones (excluding diaryl/α,β-unsaturated/α-hetero) is 1. The number of hydrogen-bond acceptors (Lipinski definition) is 1. The van der Waals surface area contributed by atoms with Crippen LogP contribution in [-0.2, 0) is 0 Å². The maximum Gasteiger partial charge on any atom is 0.165 e. The number of ketones is 1. The Morgan fingerprint density at radius 1 is 1.05 bits per heavy atom. The molecule has 19 heavy (non-hydrogen) atoms. The third-order valence-electron chi connectivity index (χ3n) is 3.67. The first-order valence-corrected chi connectivity index (χ1v) is 6.83. The molecule has 0 fully saturated rings. The second kappa shape index (κ2) is 5.83. The fourth-order valence-electron chi connectivity index (χ4n) is 2.15. The van der Waals surface area contributed by atoms with Gasteiger partial charge in [0.05, 0.1) is 0 Å². The summed E-state index contributed by atoms with van der Waals surface area (Å²) in [4.78, 5) is 12.4. The number of carbonyl (C=O) groups is 1. The predicted molar refractivity (Wildman–Crippen MR) is 80.4 cm³/mol. The van der Waals surface area contributed by atoms with Gasteiger partial charge in [0.1, 0.15) is 0 Å². The van der Waals surface area contributed by atoms with Gasteiger partial charge in [-0.05, 0) is 36.1 Å². The number of carbonyl (C=O) groups excluding carboxylic acids is 1. The molecule has 98 valence electrons. The SMILES string of the molecule is CCC(C)C(=O)c1cc(-c2ccccc2)ccc1C. The molecule has 0 aliphatic heterocycles. The lowest BCUT2D eigenvalue weighted by Crippen LogP contribution is -2.11. The van der Waals surface area contributed by atoms with Gasteiger partial charge in [-0.3, -0.25) is 4.79 Å². The van der Waals surface area contributed by atoms with Gasteiger partial charge in [0, 0.05) is 11.5 Å². The first-order chi connectivity index (χ1) is 9.13. The van der Waals surface area contributed by atoms with Crippen molar-refractivity contribution in [2.75, 3.05) is 0 Å². The van der Waals surface area contributed by atoms with E-state index in [2.05, 4.69) is 25.1 Å². The summed E-state index contributed by atoms with van der Waals surface area (Å²) in [6.07, 6.45) is 0.883. The first kappa shape index (κ1) is 13.5. The van der Waals surface area contributed by atoms with Crippen LogP contribution in [0.25, 0.3) is 11.1 Å². The van der Waals surface area contributed by atoms with E-state index in [9.17, 15) is 4.79 Å². The summed E-state index contributed by atoms with van der Waals surface area (Å²) < 4.78 is 0. The van der Waals surface area contributed by atoms with E-state index in [0.29, 0.717) is 0 Å². The summed E-state index contributed by atoms with van der Waals surface area (Å²) in [6.45, 7) is 6.06. The van der Waals surface area contributed by atoms with Gasteiger partial charge >= 0.3 is 0 Å². The van der Waals surface area contributed by atoms with Gasteiger partial charge < -0.3 is 0 Å². The number of aryl methyl sites for hydroxylation is 1. The van der Waals surface area contributed by atoms with Crippen molar-refractivity contribution >= 4 is 5.78 Å². The molecule has 1 unspecified atom stereocenters. The molecule has 2 rings (SSSR count). The molecular weight excluding hydrogens is 232 g/mol. The third kappa shape index (κ3) is 2.93. The molecule has 0 spiro atoms. The normalized spacial score (nSPS) is 12.2. The highest BCUT2D eigenvalue weighted by atomic mass is 16.1. The van der Waals surface area contributed by atoms with Crippen LogP contribution in [-0.4, -0.2) is 5.78 Å². The summed E-state index contributed by atoms with van der Waals surface area (Å²) >= 11 is 0. The van der Waals surface area contributed by atoms with Gasteiger partial charge in [-0.15, -0.1) is 0 Å². The Kier molecular flexibility index (Phi) is 4.16. The molecule has 0 aromatic heterocycles. The Morgan fingerprint density at radius 2 is 1.74 bits per heavy atom. The highest BCUT2D eigenvalue weighted by molar-refractivity contribution is 6.00. The zero-order valence-corrected chi connectivity index (χ0v) is 11.8. The van der Waals surface area contributed by atoms with Gasteiger partial charge in [0.2, 0.25) is 0 Å². The minimum Gasteiger partial charge on any atom is -0.294 e. The molecule has 0 saturated heterocycles. The van der Waals surface area contributed by atoms with Crippen molar-refractivity contribution in [1.29, 1.82) is 0 Å². The van der Waals surface area contributed by atoms with Crippen LogP contribution in [0.4, 0.5) is 0 Å². The molecule has 0 radical (unpaired) electrons. The van der Waals surface area contributed by atoms with E-state index in [1.54, 1.807) is 0 Å². The molecule has 2 aromatic carbocycles. The fraction of sp³-hybridized carbons (Fsp3) is 0.278. The Hall–Kier alpha value is -1.89. The summed E-state index contributed by atoms with van der Waals surface area (Å²) in [6, 6.07) is 16.3. The smallest absolute Gasteiger partial charge is 0.165 e. The number of rotatable bonds is 4. The van der Waals surface area contributed by atoms with Crippen molar-refractivity contribution in [2.45, 2.75) is 27.2 Å². The molecule has 1 atom stereocenters. The second-order valence-corrected chi connectivity index (χ2v) is 5.07. The van der Waals surface area contributed by atoms with E-state index in [-0.39, 0.29) is 11.7 Å². The van der Waals surface area contributed by atoms with Crippen LogP contribution in [0.2, 0.25) is 0 Å². The van der Waals surface area contributed by atoms with Crippen LogP contribution in [0.3, 0.4) is 0 Å². The molecule has 0 amide bonds. The zero-order chi connectivity index (χ0) is 13.8. The van der Waals surface area contributed by atoms with E-state index in [0.717, 1.165) is 28.7 Å². The van der Waals surface area contributed by atoms with E-state index in [1.807, 2.05) is 44.2 Å². The van der Waals surface area contributed by atoms with Gasteiger partial charge in [0.25, 0.3) is 0 Å².